The first-order valence-electron chi connectivity index (χ1n) is 6.47. The van der Waals surface area contributed by atoms with Gasteiger partial charge in [-0.15, -0.1) is 5.10 Å². The first kappa shape index (κ1) is 13.4. The highest BCUT2D eigenvalue weighted by Crippen LogP contribution is 2.25. The summed E-state index contributed by atoms with van der Waals surface area (Å²) in [4.78, 5) is 18.5. The third kappa shape index (κ3) is 2.68. The van der Waals surface area contributed by atoms with Gasteiger partial charge in [-0.3, -0.25) is 9.89 Å². The largest absolute Gasteiger partial charge is 0.331 e. The molecule has 0 bridgehead atoms. The molecule has 0 aromatic carbocycles. The summed E-state index contributed by atoms with van der Waals surface area (Å²) in [6.07, 6.45) is 1.83. The number of hydrogen-bond donors (Lipinski definition) is 1. The maximum absolute atomic E-state index is 12.3. The van der Waals surface area contributed by atoms with E-state index >= 15 is 0 Å². The van der Waals surface area contributed by atoms with Crippen LogP contribution in [-0.4, -0.2) is 49.6 Å². The number of nitrogens with one attached hydrogen (secondary N) is 1. The molecule has 2 atom stereocenters. The molecule has 18 heavy (non-hydrogen) atoms. The van der Waals surface area contributed by atoms with Gasteiger partial charge in [0.05, 0.1) is 0 Å². The van der Waals surface area contributed by atoms with Gasteiger partial charge in [0.25, 0.3) is 5.91 Å². The fraction of sp³-hybridized carbons (Fsp3) is 0.750. The van der Waals surface area contributed by atoms with Crippen LogP contribution in [0.3, 0.4) is 0 Å². The maximum atomic E-state index is 12.3. The summed E-state index contributed by atoms with van der Waals surface area (Å²) in [6, 6.07) is 0.240. The molecule has 1 fully saturated rings. The van der Waals surface area contributed by atoms with Crippen LogP contribution in [0.2, 0.25) is 0 Å². The van der Waals surface area contributed by atoms with Gasteiger partial charge in [0.15, 0.2) is 0 Å². The highest BCUT2D eigenvalue weighted by atomic mass is 32.2. The van der Waals surface area contributed by atoms with E-state index in [9.17, 15) is 4.79 Å². The van der Waals surface area contributed by atoms with Crippen LogP contribution in [0.25, 0.3) is 0 Å². The van der Waals surface area contributed by atoms with Crippen molar-refractivity contribution in [2.45, 2.75) is 44.9 Å². The monoisotopic (exact) mass is 268 g/mol. The van der Waals surface area contributed by atoms with Crippen molar-refractivity contribution in [1.29, 1.82) is 0 Å². The Balaban J connectivity index is 2.09. The molecule has 1 aliphatic rings. The number of nitrogens with zero attached hydrogens (tertiary/aromatic N) is 3. The zero-order valence-electron chi connectivity index (χ0n) is 11.1. The predicted octanol–water partition coefficient (Wildman–Crippen LogP) is 1.72. The van der Waals surface area contributed by atoms with Gasteiger partial charge in [-0.05, 0) is 13.3 Å². The van der Waals surface area contributed by atoms with Crippen LogP contribution in [0.4, 0.5) is 0 Å². The minimum atomic E-state index is -0.0479. The zero-order valence-corrected chi connectivity index (χ0v) is 12.0. The second-order valence-electron chi connectivity index (χ2n) is 4.67. The second-order valence-corrected chi connectivity index (χ2v) is 6.16. The number of thioether (sulfide) groups is 1. The van der Waals surface area contributed by atoms with Crippen LogP contribution in [0.1, 0.15) is 43.6 Å². The molecular formula is C12H20N4OS. The second kappa shape index (κ2) is 5.73. The van der Waals surface area contributed by atoms with Crippen molar-refractivity contribution in [2.75, 3.05) is 12.3 Å². The summed E-state index contributed by atoms with van der Waals surface area (Å²) in [7, 11) is 0. The van der Waals surface area contributed by atoms with Gasteiger partial charge in [-0.2, -0.15) is 11.8 Å². The molecular weight excluding hydrogens is 248 g/mol. The Morgan fingerprint density at radius 2 is 2.33 bits per heavy atom. The fourth-order valence-corrected chi connectivity index (χ4v) is 3.19. The van der Waals surface area contributed by atoms with Gasteiger partial charge < -0.3 is 4.90 Å². The molecule has 2 heterocycles. The summed E-state index contributed by atoms with van der Waals surface area (Å²) in [6.45, 7) is 7.12. The standard InChI is InChI=1S/C12H20N4OS/c1-4-5-10-13-11(15-14-10)12(17)16-6-7-18-9(3)8(16)2/h8-9H,4-7H2,1-3H3,(H,13,14,15). The summed E-state index contributed by atoms with van der Waals surface area (Å²) >= 11 is 1.91. The highest BCUT2D eigenvalue weighted by molar-refractivity contribution is 8.00. The molecule has 100 valence electrons. The number of carbonyl (C=O) groups is 1. The van der Waals surface area contributed by atoms with E-state index in [0.717, 1.165) is 31.0 Å². The number of aromatic nitrogens is 3. The van der Waals surface area contributed by atoms with E-state index in [2.05, 4.69) is 36.0 Å². The maximum Gasteiger partial charge on any atom is 0.293 e. The number of carbonyl (C=O) groups excluding carboxylic acids is 1. The van der Waals surface area contributed by atoms with Crippen molar-refractivity contribution in [2.24, 2.45) is 0 Å². The molecule has 1 N–H and O–H groups in total. The van der Waals surface area contributed by atoms with Crippen LogP contribution in [-0.2, 0) is 6.42 Å². The third-order valence-corrected chi connectivity index (χ3v) is 4.69. The Bertz CT molecular complexity index is 420. The van der Waals surface area contributed by atoms with Gasteiger partial charge in [0.1, 0.15) is 5.82 Å². The van der Waals surface area contributed by atoms with E-state index < -0.39 is 0 Å². The Hall–Kier alpha value is -1.04. The van der Waals surface area contributed by atoms with Crippen LogP contribution >= 0.6 is 11.8 Å². The first-order valence-corrected chi connectivity index (χ1v) is 7.52. The summed E-state index contributed by atoms with van der Waals surface area (Å²) in [5.74, 6) is 2.05. The Morgan fingerprint density at radius 3 is 3.06 bits per heavy atom. The minimum absolute atomic E-state index is 0.0479. The predicted molar refractivity (Wildman–Crippen MR) is 72.8 cm³/mol. The van der Waals surface area contributed by atoms with Crippen LogP contribution in [0.5, 0.6) is 0 Å². The van der Waals surface area contributed by atoms with Crippen LogP contribution in [0, 0.1) is 0 Å². The number of amides is 1. The molecule has 2 rings (SSSR count). The molecule has 5 nitrogen and oxygen atoms in total. The van der Waals surface area contributed by atoms with Crippen molar-refractivity contribution in [3.8, 4) is 0 Å². The normalized spacial score (nSPS) is 24.3. The van der Waals surface area contributed by atoms with Gasteiger partial charge >= 0.3 is 0 Å². The van der Waals surface area contributed by atoms with E-state index in [4.69, 9.17) is 0 Å². The van der Waals surface area contributed by atoms with E-state index in [1.807, 2.05) is 16.7 Å². The number of aryl methyl sites for hydroxylation is 1. The lowest BCUT2D eigenvalue weighted by atomic mass is 10.2. The number of hydrogen-bond acceptors (Lipinski definition) is 4. The highest BCUT2D eigenvalue weighted by Gasteiger charge is 2.31. The van der Waals surface area contributed by atoms with Gasteiger partial charge in [-0.25, -0.2) is 4.98 Å². The van der Waals surface area contributed by atoms with Gasteiger partial charge in [0, 0.05) is 30.0 Å². The molecule has 0 spiro atoms. The third-order valence-electron chi connectivity index (χ3n) is 3.35. The van der Waals surface area contributed by atoms with E-state index in [-0.39, 0.29) is 11.9 Å². The molecule has 0 radical (unpaired) electrons. The molecule has 2 unspecified atom stereocenters. The Labute approximate surface area is 112 Å². The Morgan fingerprint density at radius 1 is 1.56 bits per heavy atom. The molecule has 1 amide bonds. The lowest BCUT2D eigenvalue weighted by Gasteiger charge is -2.36. The zero-order chi connectivity index (χ0) is 13.1. The molecule has 1 aromatic rings. The molecule has 6 heteroatoms. The average molecular weight is 268 g/mol. The van der Waals surface area contributed by atoms with E-state index in [1.165, 1.54) is 0 Å². The minimum Gasteiger partial charge on any atom is -0.331 e. The Kier molecular flexibility index (Phi) is 4.27. The molecule has 1 aliphatic heterocycles. The van der Waals surface area contributed by atoms with Gasteiger partial charge in [0.2, 0.25) is 5.82 Å². The summed E-state index contributed by atoms with van der Waals surface area (Å²) in [5, 5.41) is 7.34. The fourth-order valence-electron chi connectivity index (χ4n) is 2.09. The van der Waals surface area contributed by atoms with E-state index in [1.54, 1.807) is 0 Å². The topological polar surface area (TPSA) is 61.9 Å². The SMILES string of the molecule is CCCc1nc(C(=O)N2CCSC(C)C2C)n[nH]1. The molecule has 0 aliphatic carbocycles. The number of rotatable bonds is 3. The molecule has 0 saturated carbocycles. The summed E-state index contributed by atoms with van der Waals surface area (Å²) in [5.41, 5.74) is 0. The lowest BCUT2D eigenvalue weighted by molar-refractivity contribution is 0.0686. The van der Waals surface area contributed by atoms with Crippen LogP contribution in [0.15, 0.2) is 0 Å². The first-order chi connectivity index (χ1) is 8.63. The van der Waals surface area contributed by atoms with Crippen LogP contribution < -0.4 is 0 Å². The van der Waals surface area contributed by atoms with Crippen molar-refractivity contribution in [1.82, 2.24) is 20.1 Å². The number of H-pyrrole nitrogens is 1. The number of aromatic amines is 1. The molecule has 1 saturated heterocycles. The summed E-state index contributed by atoms with van der Waals surface area (Å²) < 4.78 is 0. The van der Waals surface area contributed by atoms with E-state index in [0.29, 0.717) is 11.1 Å². The average Bonchev–Trinajstić information content (AvgIpc) is 2.81. The van der Waals surface area contributed by atoms with Crippen molar-refractivity contribution < 1.29 is 4.79 Å². The lowest BCUT2D eigenvalue weighted by Crippen LogP contribution is -2.48. The smallest absolute Gasteiger partial charge is 0.293 e. The van der Waals surface area contributed by atoms with Crippen molar-refractivity contribution in [3.63, 3.8) is 0 Å². The quantitative estimate of drug-likeness (QED) is 0.906. The van der Waals surface area contributed by atoms with Crippen molar-refractivity contribution >= 4 is 17.7 Å². The van der Waals surface area contributed by atoms with Crippen molar-refractivity contribution in [3.05, 3.63) is 11.6 Å². The molecule has 1 aromatic heterocycles. The van der Waals surface area contributed by atoms with Gasteiger partial charge in [-0.1, -0.05) is 13.8 Å².